The highest BCUT2D eigenvalue weighted by molar-refractivity contribution is 6.07. The number of hydrogen-bond donors (Lipinski definition) is 2. The molecule has 180 valence electrons. The Morgan fingerprint density at radius 3 is 2.69 bits per heavy atom. The van der Waals surface area contributed by atoms with Gasteiger partial charge in [-0.25, -0.2) is 19.0 Å². The van der Waals surface area contributed by atoms with Crippen LogP contribution >= 0.6 is 0 Å². The van der Waals surface area contributed by atoms with E-state index in [0.29, 0.717) is 33.3 Å². The molecule has 0 atom stereocenters. The maximum atomic E-state index is 13.8. The van der Waals surface area contributed by atoms with Crippen LogP contribution in [0, 0.1) is 5.82 Å². The van der Waals surface area contributed by atoms with E-state index in [9.17, 15) is 19.1 Å². The van der Waals surface area contributed by atoms with Crippen LogP contribution in [0.5, 0.6) is 5.75 Å². The quantitative estimate of drug-likeness (QED) is 0.353. The molecule has 36 heavy (non-hydrogen) atoms. The minimum atomic E-state index is -0.578. The molecule has 0 aliphatic heterocycles. The number of fused-ring (bicyclic) bond motifs is 2. The van der Waals surface area contributed by atoms with Crippen LogP contribution in [0.3, 0.4) is 0 Å². The van der Waals surface area contributed by atoms with Crippen LogP contribution < -0.4 is 5.73 Å². The zero-order chi connectivity index (χ0) is 25.4. The van der Waals surface area contributed by atoms with Gasteiger partial charge in [-0.05, 0) is 30.3 Å². The number of aromatic hydroxyl groups is 1. The molecule has 3 N–H and O–H groups in total. The number of nitrogen functional groups attached to an aromatic ring is 1. The van der Waals surface area contributed by atoms with E-state index in [1.165, 1.54) is 17.1 Å². The predicted octanol–water partition coefficient (Wildman–Crippen LogP) is 3.05. The third-order valence-corrected chi connectivity index (χ3v) is 5.74. The van der Waals surface area contributed by atoms with Crippen molar-refractivity contribution in [2.45, 2.75) is 6.54 Å². The number of nitrogens with zero attached hydrogens (tertiary/aromatic N) is 6. The van der Waals surface area contributed by atoms with Crippen LogP contribution in [0.15, 0.2) is 73.7 Å². The van der Waals surface area contributed by atoms with Gasteiger partial charge in [0.25, 0.3) is 11.8 Å². The SMILES string of the molecule is C=CC(=O)N(CCn1nc(-n2ccc3cc(F)cc(O)c32)c2c(N)ncnc21)C(=O)c1ccccc1. The second kappa shape index (κ2) is 8.95. The van der Waals surface area contributed by atoms with Crippen molar-refractivity contribution < 1.29 is 19.1 Å². The minimum absolute atomic E-state index is 0.0262. The van der Waals surface area contributed by atoms with Crippen LogP contribution in [-0.4, -0.2) is 52.7 Å². The van der Waals surface area contributed by atoms with Gasteiger partial charge in [0.15, 0.2) is 11.5 Å². The average Bonchev–Trinajstić information content (AvgIpc) is 3.46. The number of anilines is 1. The number of nitrogens with two attached hydrogens (primary N) is 1. The first kappa shape index (κ1) is 22.7. The number of carbonyl (C=O) groups is 2. The van der Waals surface area contributed by atoms with Gasteiger partial charge < -0.3 is 10.8 Å². The lowest BCUT2D eigenvalue weighted by atomic mass is 10.2. The van der Waals surface area contributed by atoms with Gasteiger partial charge in [0.05, 0.1) is 12.1 Å². The fourth-order valence-electron chi connectivity index (χ4n) is 4.09. The predicted molar refractivity (Wildman–Crippen MR) is 131 cm³/mol. The third kappa shape index (κ3) is 3.82. The summed E-state index contributed by atoms with van der Waals surface area (Å²) in [5, 5.41) is 15.9. The third-order valence-electron chi connectivity index (χ3n) is 5.74. The molecule has 0 saturated heterocycles. The van der Waals surface area contributed by atoms with Crippen LogP contribution in [-0.2, 0) is 11.3 Å². The summed E-state index contributed by atoms with van der Waals surface area (Å²) in [5.41, 5.74) is 7.20. The lowest BCUT2D eigenvalue weighted by Crippen LogP contribution is -2.38. The van der Waals surface area contributed by atoms with Crippen molar-refractivity contribution in [2.75, 3.05) is 12.3 Å². The van der Waals surface area contributed by atoms with Crippen LogP contribution in [0.1, 0.15) is 10.4 Å². The Labute approximate surface area is 203 Å². The molecule has 0 fully saturated rings. The number of halogens is 1. The van der Waals surface area contributed by atoms with Gasteiger partial charge in [-0.3, -0.25) is 19.1 Å². The number of hydrogen-bond acceptors (Lipinski definition) is 7. The topological polar surface area (TPSA) is 132 Å². The molecule has 0 aliphatic carbocycles. The Hall–Kier alpha value is -5.06. The Morgan fingerprint density at radius 2 is 1.94 bits per heavy atom. The molecular weight excluding hydrogens is 465 g/mol. The molecular formula is C25H20FN7O3. The Bertz CT molecular complexity index is 1640. The monoisotopic (exact) mass is 485 g/mol. The number of amides is 2. The normalized spacial score (nSPS) is 11.1. The highest BCUT2D eigenvalue weighted by Gasteiger charge is 2.23. The summed E-state index contributed by atoms with van der Waals surface area (Å²) in [6.45, 7) is 3.56. The molecule has 0 bridgehead atoms. The summed E-state index contributed by atoms with van der Waals surface area (Å²) in [5.74, 6) is -1.44. The molecule has 2 amide bonds. The van der Waals surface area contributed by atoms with Crippen molar-refractivity contribution in [1.29, 1.82) is 0 Å². The van der Waals surface area contributed by atoms with E-state index in [2.05, 4.69) is 21.6 Å². The molecule has 0 unspecified atom stereocenters. The average molecular weight is 485 g/mol. The van der Waals surface area contributed by atoms with E-state index in [1.807, 2.05) is 0 Å². The van der Waals surface area contributed by atoms with E-state index >= 15 is 0 Å². The summed E-state index contributed by atoms with van der Waals surface area (Å²) < 4.78 is 16.8. The van der Waals surface area contributed by atoms with Crippen LogP contribution in [0.25, 0.3) is 27.8 Å². The lowest BCUT2D eigenvalue weighted by molar-refractivity contribution is -0.123. The lowest BCUT2D eigenvalue weighted by Gasteiger charge is -2.19. The fourth-order valence-corrected chi connectivity index (χ4v) is 4.09. The number of rotatable bonds is 6. The van der Waals surface area contributed by atoms with Crippen LogP contribution in [0.2, 0.25) is 0 Å². The van der Waals surface area contributed by atoms with E-state index in [0.717, 1.165) is 17.0 Å². The van der Waals surface area contributed by atoms with Gasteiger partial charge in [0.1, 0.15) is 29.1 Å². The molecule has 11 heteroatoms. The molecule has 0 radical (unpaired) electrons. The van der Waals surface area contributed by atoms with Gasteiger partial charge in [-0.1, -0.05) is 24.8 Å². The molecule has 5 rings (SSSR count). The van der Waals surface area contributed by atoms with Crippen molar-refractivity contribution in [3.05, 3.63) is 85.1 Å². The van der Waals surface area contributed by atoms with E-state index in [4.69, 9.17) is 5.73 Å². The maximum absolute atomic E-state index is 13.8. The zero-order valence-electron chi connectivity index (χ0n) is 18.9. The molecule has 3 heterocycles. The maximum Gasteiger partial charge on any atom is 0.260 e. The molecule has 10 nitrogen and oxygen atoms in total. The van der Waals surface area contributed by atoms with Gasteiger partial charge in [-0.2, -0.15) is 5.10 Å². The van der Waals surface area contributed by atoms with Crippen molar-refractivity contribution in [3.8, 4) is 11.6 Å². The van der Waals surface area contributed by atoms with Crippen molar-refractivity contribution in [3.63, 3.8) is 0 Å². The van der Waals surface area contributed by atoms with Crippen molar-refractivity contribution >= 4 is 39.6 Å². The minimum Gasteiger partial charge on any atom is -0.506 e. The fraction of sp³-hybridized carbons (Fsp3) is 0.0800. The second-order valence-electron chi connectivity index (χ2n) is 7.92. The van der Waals surface area contributed by atoms with Gasteiger partial charge in [0.2, 0.25) is 0 Å². The van der Waals surface area contributed by atoms with Crippen molar-refractivity contribution in [2.24, 2.45) is 0 Å². The smallest absolute Gasteiger partial charge is 0.260 e. The van der Waals surface area contributed by atoms with E-state index in [-0.39, 0.29) is 24.7 Å². The number of aromatic nitrogens is 5. The molecule has 5 aromatic rings. The summed E-state index contributed by atoms with van der Waals surface area (Å²) >= 11 is 0. The number of phenolic OH excluding ortho intramolecular Hbond substituents is 1. The van der Waals surface area contributed by atoms with Crippen LogP contribution in [0.4, 0.5) is 10.2 Å². The summed E-state index contributed by atoms with van der Waals surface area (Å²) in [7, 11) is 0. The van der Waals surface area contributed by atoms with Gasteiger partial charge in [-0.15, -0.1) is 0 Å². The standard InChI is InChI=1S/C25H20FN7O3/c1-2-19(35)31(25(36)15-6-4-3-5-7-15)10-11-33-23-20(22(27)28-14-29-23)24(30-33)32-9-8-16-12-17(26)13-18(34)21(16)32/h2-9,12-14,34H,1,10-11H2,(H2,27,28,29). The molecule has 0 saturated carbocycles. The number of carbonyl (C=O) groups excluding carboxylic acids is 2. The molecule has 0 aliphatic rings. The number of phenols is 1. The zero-order valence-corrected chi connectivity index (χ0v) is 18.9. The first-order chi connectivity index (χ1) is 17.4. The summed E-state index contributed by atoms with van der Waals surface area (Å²) in [4.78, 5) is 35.0. The summed E-state index contributed by atoms with van der Waals surface area (Å²) in [6, 6.07) is 12.4. The Balaban J connectivity index is 1.57. The molecule has 0 spiro atoms. The van der Waals surface area contributed by atoms with Crippen molar-refractivity contribution in [1.82, 2.24) is 29.2 Å². The highest BCUT2D eigenvalue weighted by atomic mass is 19.1. The van der Waals surface area contributed by atoms with Gasteiger partial charge >= 0.3 is 0 Å². The second-order valence-corrected chi connectivity index (χ2v) is 7.92. The van der Waals surface area contributed by atoms with E-state index < -0.39 is 17.6 Å². The number of imide groups is 1. The first-order valence-electron chi connectivity index (χ1n) is 10.9. The largest absolute Gasteiger partial charge is 0.506 e. The van der Waals surface area contributed by atoms with Gasteiger partial charge in [0, 0.05) is 29.8 Å². The molecule has 3 aromatic heterocycles. The highest BCUT2D eigenvalue weighted by Crippen LogP contribution is 2.33. The molecule has 2 aromatic carbocycles. The number of benzene rings is 2. The first-order valence-corrected chi connectivity index (χ1v) is 10.9. The Morgan fingerprint density at radius 1 is 1.17 bits per heavy atom. The summed E-state index contributed by atoms with van der Waals surface area (Å²) in [6.07, 6.45) is 3.97. The Kier molecular flexibility index (Phi) is 5.65. The van der Waals surface area contributed by atoms with E-state index in [1.54, 1.807) is 47.2 Å².